The van der Waals surface area contributed by atoms with Gasteiger partial charge in [0.05, 0.1) is 12.2 Å². The van der Waals surface area contributed by atoms with Gasteiger partial charge in [-0.25, -0.2) is 4.79 Å². The highest BCUT2D eigenvalue weighted by Gasteiger charge is 2.18. The molecule has 0 saturated carbocycles. The van der Waals surface area contributed by atoms with Crippen LogP contribution >= 0.6 is 0 Å². The number of rotatable bonds is 0. The van der Waals surface area contributed by atoms with Gasteiger partial charge in [0.1, 0.15) is 5.75 Å². The van der Waals surface area contributed by atoms with Crippen LogP contribution in [0.5, 0.6) is 5.75 Å². The zero-order valence-electron chi connectivity index (χ0n) is 6.41. The Balaban J connectivity index is 2.54. The number of hydrogen-bond acceptors (Lipinski definition) is 3. The summed E-state index contributed by atoms with van der Waals surface area (Å²) < 4.78 is 4.81. The summed E-state index contributed by atoms with van der Waals surface area (Å²) >= 11 is 0. The van der Waals surface area contributed by atoms with Gasteiger partial charge in [-0.2, -0.15) is 0 Å². The average Bonchev–Trinajstić information content (AvgIpc) is 2.07. The predicted octanol–water partition coefficient (Wildman–Crippen LogP) is 1.11. The minimum Gasteiger partial charge on any atom is -0.508 e. The molecule has 2 rings (SSSR count). The van der Waals surface area contributed by atoms with Crippen LogP contribution in [0.1, 0.15) is 15.9 Å². The molecule has 3 nitrogen and oxygen atoms in total. The highest BCUT2D eigenvalue weighted by Crippen LogP contribution is 2.21. The Labute approximate surface area is 69.6 Å². The van der Waals surface area contributed by atoms with E-state index >= 15 is 0 Å². The number of cyclic esters (lactones) is 1. The topological polar surface area (TPSA) is 46.5 Å². The second-order valence-electron chi connectivity index (χ2n) is 2.73. The van der Waals surface area contributed by atoms with Crippen molar-refractivity contribution in [3.8, 4) is 5.75 Å². The number of carbonyl (C=O) groups is 1. The van der Waals surface area contributed by atoms with Gasteiger partial charge in [0.2, 0.25) is 0 Å². The molecule has 0 aromatic heterocycles. The van der Waals surface area contributed by atoms with Crippen LogP contribution < -0.4 is 0 Å². The van der Waals surface area contributed by atoms with E-state index in [1.165, 1.54) is 6.07 Å². The minimum atomic E-state index is -0.341. The SMILES string of the molecule is O=C1OCCc2ccc(O)cc21. The van der Waals surface area contributed by atoms with Crippen molar-refractivity contribution in [3.63, 3.8) is 0 Å². The van der Waals surface area contributed by atoms with Crippen molar-refractivity contribution in [1.29, 1.82) is 0 Å². The van der Waals surface area contributed by atoms with Gasteiger partial charge >= 0.3 is 5.97 Å². The average molecular weight is 164 g/mol. The lowest BCUT2D eigenvalue weighted by molar-refractivity contribution is 0.0479. The van der Waals surface area contributed by atoms with Crippen molar-refractivity contribution in [3.05, 3.63) is 29.3 Å². The van der Waals surface area contributed by atoms with Crippen LogP contribution in [-0.4, -0.2) is 17.7 Å². The molecule has 0 aliphatic carbocycles. The predicted molar refractivity (Wildman–Crippen MR) is 42.1 cm³/mol. The van der Waals surface area contributed by atoms with E-state index in [1.54, 1.807) is 12.1 Å². The summed E-state index contributed by atoms with van der Waals surface area (Å²) in [5.74, 6) is -0.236. The zero-order valence-corrected chi connectivity index (χ0v) is 6.41. The minimum absolute atomic E-state index is 0.104. The van der Waals surface area contributed by atoms with Gasteiger partial charge in [0, 0.05) is 6.42 Å². The molecule has 1 aliphatic heterocycles. The number of phenols is 1. The van der Waals surface area contributed by atoms with Crippen molar-refractivity contribution in [2.45, 2.75) is 6.42 Å². The van der Waals surface area contributed by atoms with Crippen LogP contribution in [0.2, 0.25) is 0 Å². The molecule has 0 unspecified atom stereocenters. The third-order valence-corrected chi connectivity index (χ3v) is 1.92. The van der Waals surface area contributed by atoms with E-state index < -0.39 is 0 Å². The lowest BCUT2D eigenvalue weighted by Gasteiger charge is -2.14. The quantitative estimate of drug-likeness (QED) is 0.584. The lowest BCUT2D eigenvalue weighted by Crippen LogP contribution is -2.17. The maximum Gasteiger partial charge on any atom is 0.338 e. The molecule has 1 aromatic carbocycles. The maximum absolute atomic E-state index is 11.1. The Bertz CT molecular complexity index is 331. The number of fused-ring (bicyclic) bond motifs is 1. The molecule has 0 fully saturated rings. The van der Waals surface area contributed by atoms with Crippen LogP contribution in [-0.2, 0) is 11.2 Å². The van der Waals surface area contributed by atoms with Gasteiger partial charge in [-0.3, -0.25) is 0 Å². The number of benzene rings is 1. The fraction of sp³-hybridized carbons (Fsp3) is 0.222. The fourth-order valence-electron chi connectivity index (χ4n) is 1.30. The molecule has 0 atom stereocenters. The molecule has 0 amide bonds. The van der Waals surface area contributed by atoms with Gasteiger partial charge in [-0.15, -0.1) is 0 Å². The smallest absolute Gasteiger partial charge is 0.338 e. The number of esters is 1. The molecule has 1 heterocycles. The number of phenolic OH excluding ortho intramolecular Hbond substituents is 1. The third kappa shape index (κ3) is 1.03. The summed E-state index contributed by atoms with van der Waals surface area (Å²) in [6, 6.07) is 4.78. The summed E-state index contributed by atoms with van der Waals surface area (Å²) in [5.41, 5.74) is 1.44. The molecular formula is C9H8O3. The van der Waals surface area contributed by atoms with E-state index in [4.69, 9.17) is 9.84 Å². The van der Waals surface area contributed by atoms with E-state index in [-0.39, 0.29) is 11.7 Å². The van der Waals surface area contributed by atoms with Gasteiger partial charge in [-0.1, -0.05) is 6.07 Å². The zero-order chi connectivity index (χ0) is 8.55. The Kier molecular flexibility index (Phi) is 1.50. The number of aromatic hydroxyl groups is 1. The summed E-state index contributed by atoms with van der Waals surface area (Å²) in [4.78, 5) is 11.1. The third-order valence-electron chi connectivity index (χ3n) is 1.92. The summed E-state index contributed by atoms with van der Waals surface area (Å²) in [6.45, 7) is 0.441. The van der Waals surface area contributed by atoms with E-state index in [0.29, 0.717) is 12.2 Å². The first-order valence-electron chi connectivity index (χ1n) is 3.76. The highest BCUT2D eigenvalue weighted by atomic mass is 16.5. The molecule has 12 heavy (non-hydrogen) atoms. The first-order chi connectivity index (χ1) is 5.77. The van der Waals surface area contributed by atoms with Gasteiger partial charge in [-0.05, 0) is 17.7 Å². The Morgan fingerprint density at radius 2 is 2.25 bits per heavy atom. The molecule has 0 spiro atoms. The molecular weight excluding hydrogens is 156 g/mol. The normalized spacial score (nSPS) is 15.2. The first-order valence-corrected chi connectivity index (χ1v) is 3.76. The summed E-state index contributed by atoms with van der Waals surface area (Å²) in [7, 11) is 0. The first kappa shape index (κ1) is 7.16. The molecule has 1 aliphatic rings. The molecule has 1 aromatic rings. The van der Waals surface area contributed by atoms with Crippen molar-refractivity contribution in [2.75, 3.05) is 6.61 Å². The fourth-order valence-corrected chi connectivity index (χ4v) is 1.30. The second-order valence-corrected chi connectivity index (χ2v) is 2.73. The molecule has 0 saturated heterocycles. The number of ether oxygens (including phenoxy) is 1. The van der Waals surface area contributed by atoms with Crippen molar-refractivity contribution in [2.24, 2.45) is 0 Å². The van der Waals surface area contributed by atoms with Gasteiger partial charge in [0.15, 0.2) is 0 Å². The van der Waals surface area contributed by atoms with Crippen LogP contribution in [0.4, 0.5) is 0 Å². The summed E-state index contributed by atoms with van der Waals surface area (Å²) in [6.07, 6.45) is 0.737. The Morgan fingerprint density at radius 1 is 1.42 bits per heavy atom. The van der Waals surface area contributed by atoms with E-state index in [1.807, 2.05) is 0 Å². The van der Waals surface area contributed by atoms with Crippen molar-refractivity contribution >= 4 is 5.97 Å². The van der Waals surface area contributed by atoms with Crippen molar-refractivity contribution < 1.29 is 14.6 Å². The molecule has 1 N–H and O–H groups in total. The number of carbonyl (C=O) groups excluding carboxylic acids is 1. The maximum atomic E-state index is 11.1. The molecule has 0 radical (unpaired) electrons. The lowest BCUT2D eigenvalue weighted by atomic mass is 10.0. The highest BCUT2D eigenvalue weighted by molar-refractivity contribution is 5.92. The second kappa shape index (κ2) is 2.52. The molecule has 62 valence electrons. The largest absolute Gasteiger partial charge is 0.508 e. The van der Waals surface area contributed by atoms with Crippen LogP contribution in [0.25, 0.3) is 0 Å². The molecule has 3 heteroatoms. The Morgan fingerprint density at radius 3 is 3.08 bits per heavy atom. The van der Waals surface area contributed by atoms with E-state index in [9.17, 15) is 4.79 Å². The number of hydrogen-bond donors (Lipinski definition) is 1. The van der Waals surface area contributed by atoms with Crippen molar-refractivity contribution in [1.82, 2.24) is 0 Å². The molecule has 0 bridgehead atoms. The van der Waals surface area contributed by atoms with E-state index in [2.05, 4.69) is 0 Å². The van der Waals surface area contributed by atoms with E-state index in [0.717, 1.165) is 12.0 Å². The summed E-state index contributed by atoms with van der Waals surface area (Å²) in [5, 5.41) is 9.10. The monoisotopic (exact) mass is 164 g/mol. The van der Waals surface area contributed by atoms with Crippen LogP contribution in [0, 0.1) is 0 Å². The van der Waals surface area contributed by atoms with Gasteiger partial charge < -0.3 is 9.84 Å². The standard InChI is InChI=1S/C9H8O3/c10-7-2-1-6-3-4-12-9(11)8(6)5-7/h1-2,5,10H,3-4H2. The van der Waals surface area contributed by atoms with Crippen LogP contribution in [0.3, 0.4) is 0 Å². The Hall–Kier alpha value is -1.51. The van der Waals surface area contributed by atoms with Gasteiger partial charge in [0.25, 0.3) is 0 Å². The van der Waals surface area contributed by atoms with Crippen LogP contribution in [0.15, 0.2) is 18.2 Å².